The Kier molecular flexibility index (Phi) is 4.05. The Morgan fingerprint density at radius 3 is 2.74 bits per heavy atom. The lowest BCUT2D eigenvalue weighted by molar-refractivity contribution is 0.220. The van der Waals surface area contributed by atoms with Crippen molar-refractivity contribution in [3.8, 4) is 0 Å². The highest BCUT2D eigenvalue weighted by atomic mass is 16.3. The molecule has 0 bridgehead atoms. The second-order valence-corrected chi connectivity index (χ2v) is 5.82. The number of nitrogens with zero attached hydrogens (tertiary/aromatic N) is 1. The predicted molar refractivity (Wildman–Crippen MR) is 80.5 cm³/mol. The molecule has 0 fully saturated rings. The van der Waals surface area contributed by atoms with Gasteiger partial charge in [0.1, 0.15) is 0 Å². The number of aliphatic hydroxyl groups is 1. The molecule has 0 spiro atoms. The van der Waals surface area contributed by atoms with Crippen molar-refractivity contribution < 1.29 is 5.11 Å². The molecule has 2 rings (SSSR count). The molecule has 1 heterocycles. The molecule has 0 amide bonds. The minimum Gasteiger partial charge on any atom is -0.396 e. The van der Waals surface area contributed by atoms with Gasteiger partial charge in [0.05, 0.1) is 5.52 Å². The molecule has 0 atom stereocenters. The van der Waals surface area contributed by atoms with Gasteiger partial charge < -0.3 is 10.4 Å². The quantitative estimate of drug-likeness (QED) is 0.864. The number of para-hydroxylation sites is 1. The van der Waals surface area contributed by atoms with Crippen LogP contribution in [0.3, 0.4) is 0 Å². The first-order chi connectivity index (χ1) is 9.02. The number of nitrogens with one attached hydrogen (secondary N) is 1. The lowest BCUT2D eigenvalue weighted by Crippen LogP contribution is -2.24. The number of aliphatic hydroxyl groups excluding tert-OH is 1. The van der Waals surface area contributed by atoms with Gasteiger partial charge in [-0.1, -0.05) is 32.0 Å². The molecule has 0 radical (unpaired) electrons. The number of hydrogen-bond acceptors (Lipinski definition) is 3. The number of aromatic nitrogens is 1. The van der Waals surface area contributed by atoms with Crippen LogP contribution in [0.5, 0.6) is 0 Å². The van der Waals surface area contributed by atoms with Gasteiger partial charge in [-0.3, -0.25) is 4.98 Å². The van der Waals surface area contributed by atoms with Crippen LogP contribution in [0.4, 0.5) is 5.69 Å². The number of benzene rings is 1. The first-order valence-corrected chi connectivity index (χ1v) is 6.73. The molecule has 0 aliphatic heterocycles. The number of anilines is 1. The Bertz CT molecular complexity index is 564. The van der Waals surface area contributed by atoms with Crippen LogP contribution >= 0.6 is 0 Å². The van der Waals surface area contributed by atoms with E-state index in [-0.39, 0.29) is 12.0 Å². The summed E-state index contributed by atoms with van der Waals surface area (Å²) in [6.07, 6.45) is 0.794. The lowest BCUT2D eigenvalue weighted by atomic mass is 9.89. The molecular formula is C16H22N2O. The molecule has 3 heteroatoms. The Balaban J connectivity index is 2.25. The Morgan fingerprint density at radius 2 is 2.00 bits per heavy atom. The smallest absolute Gasteiger partial charge is 0.0725 e. The Morgan fingerprint density at radius 1 is 1.26 bits per heavy atom. The summed E-state index contributed by atoms with van der Waals surface area (Å²) in [5, 5.41) is 13.7. The number of hydrogen-bond donors (Lipinski definition) is 2. The summed E-state index contributed by atoms with van der Waals surface area (Å²) in [5.74, 6) is 0. The van der Waals surface area contributed by atoms with E-state index in [4.69, 9.17) is 5.11 Å². The van der Waals surface area contributed by atoms with Gasteiger partial charge in [0.15, 0.2) is 0 Å². The second-order valence-electron chi connectivity index (χ2n) is 5.82. The fourth-order valence-corrected chi connectivity index (χ4v) is 2.18. The molecule has 0 saturated heterocycles. The summed E-state index contributed by atoms with van der Waals surface area (Å²) in [6.45, 7) is 7.39. The molecule has 2 aromatic rings. The van der Waals surface area contributed by atoms with E-state index < -0.39 is 0 Å². The average molecular weight is 258 g/mol. The third kappa shape index (κ3) is 3.44. The maximum absolute atomic E-state index is 9.08. The highest BCUT2D eigenvalue weighted by molar-refractivity contribution is 5.91. The van der Waals surface area contributed by atoms with E-state index in [0.29, 0.717) is 0 Å². The zero-order valence-corrected chi connectivity index (χ0v) is 11.9. The first-order valence-electron chi connectivity index (χ1n) is 6.73. The van der Waals surface area contributed by atoms with Crippen molar-refractivity contribution in [2.45, 2.75) is 27.2 Å². The van der Waals surface area contributed by atoms with E-state index in [0.717, 1.165) is 35.2 Å². The molecule has 0 unspecified atom stereocenters. The van der Waals surface area contributed by atoms with Crippen molar-refractivity contribution in [1.82, 2.24) is 4.98 Å². The first kappa shape index (κ1) is 13.8. The largest absolute Gasteiger partial charge is 0.396 e. The van der Waals surface area contributed by atoms with Crippen LogP contribution in [0.25, 0.3) is 10.9 Å². The number of rotatable bonds is 5. The molecule has 3 nitrogen and oxygen atoms in total. The molecule has 2 N–H and O–H groups in total. The Hall–Kier alpha value is -1.61. The standard InChI is InChI=1S/C16H22N2O/c1-12-10-15(17-11-16(2,3)8-9-19)13-6-4-5-7-14(13)18-12/h4-7,10,19H,8-9,11H2,1-3H3,(H,17,18). The molecule has 0 aliphatic carbocycles. The molecular weight excluding hydrogens is 236 g/mol. The van der Waals surface area contributed by atoms with Crippen LogP contribution in [-0.4, -0.2) is 23.2 Å². The van der Waals surface area contributed by atoms with Crippen LogP contribution in [0, 0.1) is 12.3 Å². The van der Waals surface area contributed by atoms with E-state index in [1.807, 2.05) is 25.1 Å². The van der Waals surface area contributed by atoms with Crippen molar-refractivity contribution in [3.63, 3.8) is 0 Å². The molecule has 1 aromatic heterocycles. The van der Waals surface area contributed by atoms with Crippen molar-refractivity contribution in [3.05, 3.63) is 36.0 Å². The summed E-state index contributed by atoms with van der Waals surface area (Å²) in [6, 6.07) is 10.2. The van der Waals surface area contributed by atoms with Gasteiger partial charge in [0, 0.05) is 29.9 Å². The summed E-state index contributed by atoms with van der Waals surface area (Å²) in [5.41, 5.74) is 3.23. The topological polar surface area (TPSA) is 45.1 Å². The van der Waals surface area contributed by atoms with Gasteiger partial charge in [-0.25, -0.2) is 0 Å². The molecule has 102 valence electrons. The summed E-state index contributed by atoms with van der Waals surface area (Å²) >= 11 is 0. The van der Waals surface area contributed by atoms with Crippen LogP contribution in [0.2, 0.25) is 0 Å². The van der Waals surface area contributed by atoms with Gasteiger partial charge in [-0.15, -0.1) is 0 Å². The fourth-order valence-electron chi connectivity index (χ4n) is 2.18. The van der Waals surface area contributed by atoms with Crippen LogP contribution in [0.15, 0.2) is 30.3 Å². The maximum atomic E-state index is 9.08. The maximum Gasteiger partial charge on any atom is 0.0725 e. The lowest BCUT2D eigenvalue weighted by Gasteiger charge is -2.25. The van der Waals surface area contributed by atoms with Crippen molar-refractivity contribution in [2.24, 2.45) is 5.41 Å². The zero-order chi connectivity index (χ0) is 13.9. The molecule has 19 heavy (non-hydrogen) atoms. The van der Waals surface area contributed by atoms with Crippen molar-refractivity contribution >= 4 is 16.6 Å². The monoisotopic (exact) mass is 258 g/mol. The number of aryl methyl sites for hydroxylation is 1. The predicted octanol–water partition coefficient (Wildman–Crippen LogP) is 3.36. The van der Waals surface area contributed by atoms with Gasteiger partial charge in [0.2, 0.25) is 0 Å². The van der Waals surface area contributed by atoms with E-state index >= 15 is 0 Å². The highest BCUT2D eigenvalue weighted by Gasteiger charge is 2.17. The van der Waals surface area contributed by atoms with E-state index in [1.165, 1.54) is 0 Å². The molecule has 1 aromatic carbocycles. The SMILES string of the molecule is Cc1cc(NCC(C)(C)CCO)c2ccccc2n1. The zero-order valence-electron chi connectivity index (χ0n) is 11.9. The van der Waals surface area contributed by atoms with E-state index in [2.05, 4.69) is 36.3 Å². The number of pyridine rings is 1. The normalized spacial score (nSPS) is 11.8. The second kappa shape index (κ2) is 5.57. The highest BCUT2D eigenvalue weighted by Crippen LogP contribution is 2.26. The average Bonchev–Trinajstić information content (AvgIpc) is 2.36. The van der Waals surface area contributed by atoms with Crippen LogP contribution in [0.1, 0.15) is 26.0 Å². The minimum atomic E-state index is 0.0764. The van der Waals surface area contributed by atoms with Gasteiger partial charge in [-0.2, -0.15) is 0 Å². The van der Waals surface area contributed by atoms with E-state index in [1.54, 1.807) is 0 Å². The van der Waals surface area contributed by atoms with Gasteiger partial charge in [-0.05, 0) is 30.9 Å². The number of fused-ring (bicyclic) bond motifs is 1. The summed E-state index contributed by atoms with van der Waals surface area (Å²) in [7, 11) is 0. The Labute approximate surface area is 114 Å². The van der Waals surface area contributed by atoms with Crippen molar-refractivity contribution in [1.29, 1.82) is 0 Å². The molecule has 0 aliphatic rings. The van der Waals surface area contributed by atoms with Crippen LogP contribution < -0.4 is 5.32 Å². The summed E-state index contributed by atoms with van der Waals surface area (Å²) < 4.78 is 0. The van der Waals surface area contributed by atoms with Gasteiger partial charge in [0.25, 0.3) is 0 Å². The fraction of sp³-hybridized carbons (Fsp3) is 0.438. The van der Waals surface area contributed by atoms with Crippen molar-refractivity contribution in [2.75, 3.05) is 18.5 Å². The van der Waals surface area contributed by atoms with Gasteiger partial charge >= 0.3 is 0 Å². The third-order valence-electron chi connectivity index (χ3n) is 3.39. The third-order valence-corrected chi connectivity index (χ3v) is 3.39. The minimum absolute atomic E-state index is 0.0764. The van der Waals surface area contributed by atoms with E-state index in [9.17, 15) is 0 Å². The van der Waals surface area contributed by atoms with Crippen LogP contribution in [-0.2, 0) is 0 Å². The summed E-state index contributed by atoms with van der Waals surface area (Å²) in [4.78, 5) is 4.54. The molecule has 0 saturated carbocycles.